The molecule has 0 spiro atoms. The molecule has 4 aromatic rings. The van der Waals surface area contributed by atoms with Gasteiger partial charge in [0, 0.05) is 31.0 Å². The molecule has 3 heterocycles. The van der Waals surface area contributed by atoms with Crippen molar-refractivity contribution in [2.45, 2.75) is 25.6 Å². The number of hydrogen-bond donors (Lipinski definition) is 1. The van der Waals surface area contributed by atoms with Crippen LogP contribution >= 0.6 is 0 Å². The summed E-state index contributed by atoms with van der Waals surface area (Å²) in [6, 6.07) is 23.9. The standard InChI is InChI=1S/C30H30N4O3/c1-32-25-9-5-4-8-24(25)30(36)33-18-16-23-22-7-3-6-10-26(22)34(28(23)29(32)33)19-27(35)31-17-15-20-11-13-21(37-2)14-12-20/h3-14,29H,15-19H2,1-2H3,(H,31,35). The van der Waals surface area contributed by atoms with Crippen molar-refractivity contribution >= 4 is 28.4 Å². The van der Waals surface area contributed by atoms with Crippen LogP contribution in [0.25, 0.3) is 10.9 Å². The van der Waals surface area contributed by atoms with Crippen LogP contribution < -0.4 is 15.0 Å². The molecule has 7 heteroatoms. The van der Waals surface area contributed by atoms with Gasteiger partial charge in [-0.3, -0.25) is 9.59 Å². The van der Waals surface area contributed by atoms with E-state index in [0.29, 0.717) is 13.1 Å². The van der Waals surface area contributed by atoms with Gasteiger partial charge in [-0.05, 0) is 54.3 Å². The minimum atomic E-state index is -0.259. The molecule has 1 atom stereocenters. The number of carbonyl (C=O) groups excluding carboxylic acids is 2. The number of rotatable bonds is 6. The second-order valence-corrected chi connectivity index (χ2v) is 9.67. The largest absolute Gasteiger partial charge is 0.497 e. The van der Waals surface area contributed by atoms with E-state index in [1.165, 1.54) is 5.56 Å². The summed E-state index contributed by atoms with van der Waals surface area (Å²) < 4.78 is 7.34. The highest BCUT2D eigenvalue weighted by molar-refractivity contribution is 6.02. The van der Waals surface area contributed by atoms with Gasteiger partial charge in [0.05, 0.1) is 24.1 Å². The minimum absolute atomic E-state index is 0.0422. The molecule has 6 rings (SSSR count). The number of carbonyl (C=O) groups is 2. The summed E-state index contributed by atoms with van der Waals surface area (Å²) in [7, 11) is 3.69. The van der Waals surface area contributed by atoms with Crippen LogP contribution in [0, 0.1) is 0 Å². The molecule has 0 aliphatic carbocycles. The Balaban J connectivity index is 1.30. The van der Waals surface area contributed by atoms with Gasteiger partial charge in [0.15, 0.2) is 0 Å². The van der Waals surface area contributed by atoms with Gasteiger partial charge < -0.3 is 24.4 Å². The maximum atomic E-state index is 13.5. The highest BCUT2D eigenvalue weighted by Gasteiger charge is 2.42. The van der Waals surface area contributed by atoms with E-state index in [1.54, 1.807) is 7.11 Å². The first-order valence-corrected chi connectivity index (χ1v) is 12.7. The lowest BCUT2D eigenvalue weighted by molar-refractivity contribution is -0.121. The van der Waals surface area contributed by atoms with Crippen LogP contribution in [0.15, 0.2) is 72.8 Å². The molecule has 37 heavy (non-hydrogen) atoms. The van der Waals surface area contributed by atoms with Crippen LogP contribution in [-0.2, 0) is 24.2 Å². The summed E-state index contributed by atoms with van der Waals surface area (Å²) in [6.45, 7) is 1.40. The Morgan fingerprint density at radius 3 is 2.59 bits per heavy atom. The molecule has 188 valence electrons. The third-order valence-corrected chi connectivity index (χ3v) is 7.60. The molecule has 1 aromatic heterocycles. The lowest BCUT2D eigenvalue weighted by atomic mass is 9.96. The van der Waals surface area contributed by atoms with Crippen LogP contribution in [0.3, 0.4) is 0 Å². The maximum absolute atomic E-state index is 13.5. The monoisotopic (exact) mass is 494 g/mol. The Morgan fingerprint density at radius 2 is 1.78 bits per heavy atom. The molecule has 0 saturated heterocycles. The van der Waals surface area contributed by atoms with Crippen molar-refractivity contribution in [2.75, 3.05) is 32.1 Å². The Kier molecular flexibility index (Phi) is 5.83. The lowest BCUT2D eigenvalue weighted by Gasteiger charge is -2.46. The lowest BCUT2D eigenvalue weighted by Crippen LogP contribution is -2.51. The number of ether oxygens (including phenoxy) is 1. The number of fused-ring (bicyclic) bond motifs is 6. The van der Waals surface area contributed by atoms with Gasteiger partial charge in [-0.25, -0.2) is 0 Å². The summed E-state index contributed by atoms with van der Waals surface area (Å²) in [6.07, 6.45) is 1.25. The van der Waals surface area contributed by atoms with Gasteiger partial charge in [-0.1, -0.05) is 42.5 Å². The fraction of sp³-hybridized carbons (Fsp3) is 0.267. The Bertz CT molecular complexity index is 1490. The first-order valence-electron chi connectivity index (χ1n) is 12.7. The zero-order valence-corrected chi connectivity index (χ0v) is 21.1. The summed E-state index contributed by atoms with van der Waals surface area (Å²) in [5, 5.41) is 4.25. The maximum Gasteiger partial charge on any atom is 0.257 e. The van der Waals surface area contributed by atoms with E-state index in [2.05, 4.69) is 26.9 Å². The van der Waals surface area contributed by atoms with E-state index < -0.39 is 0 Å². The Labute approximate surface area is 216 Å². The van der Waals surface area contributed by atoms with E-state index in [0.717, 1.165) is 52.0 Å². The summed E-state index contributed by atoms with van der Waals surface area (Å²) >= 11 is 0. The van der Waals surface area contributed by atoms with Crippen molar-refractivity contribution in [1.82, 2.24) is 14.8 Å². The van der Waals surface area contributed by atoms with Crippen molar-refractivity contribution in [3.63, 3.8) is 0 Å². The number of para-hydroxylation sites is 2. The molecule has 2 aliphatic heterocycles. The van der Waals surface area contributed by atoms with Gasteiger partial charge in [0.2, 0.25) is 5.91 Å². The highest BCUT2D eigenvalue weighted by Crippen LogP contribution is 2.44. The Morgan fingerprint density at radius 1 is 1.03 bits per heavy atom. The molecule has 7 nitrogen and oxygen atoms in total. The first kappa shape index (κ1) is 23.2. The van der Waals surface area contributed by atoms with Crippen molar-refractivity contribution in [3.8, 4) is 5.75 Å². The molecule has 0 fully saturated rings. The third-order valence-electron chi connectivity index (χ3n) is 7.60. The molecule has 2 amide bonds. The third kappa shape index (κ3) is 3.91. The van der Waals surface area contributed by atoms with Gasteiger partial charge in [0.1, 0.15) is 18.5 Å². The number of nitrogens with one attached hydrogen (secondary N) is 1. The van der Waals surface area contributed by atoms with Crippen LogP contribution in [0.2, 0.25) is 0 Å². The number of benzene rings is 3. The number of anilines is 1. The van der Waals surface area contributed by atoms with Crippen molar-refractivity contribution in [1.29, 1.82) is 0 Å². The fourth-order valence-electron chi connectivity index (χ4n) is 5.82. The van der Waals surface area contributed by atoms with Crippen LogP contribution in [-0.4, -0.2) is 48.5 Å². The van der Waals surface area contributed by atoms with E-state index in [1.807, 2.05) is 72.6 Å². The molecule has 1 N–H and O–H groups in total. The summed E-state index contributed by atoms with van der Waals surface area (Å²) in [5.41, 5.74) is 6.07. The zero-order chi connectivity index (χ0) is 25.5. The zero-order valence-electron chi connectivity index (χ0n) is 21.1. The van der Waals surface area contributed by atoms with Crippen LogP contribution in [0.1, 0.15) is 33.3 Å². The van der Waals surface area contributed by atoms with Crippen LogP contribution in [0.5, 0.6) is 5.75 Å². The SMILES string of the molecule is COc1ccc(CCNC(=O)Cn2c3c(c4ccccc42)CCN2C(=O)c4ccccc4N(C)C32)cc1. The fourth-order valence-corrected chi connectivity index (χ4v) is 5.82. The molecule has 0 saturated carbocycles. The first-order chi connectivity index (χ1) is 18.1. The number of hydrogen-bond acceptors (Lipinski definition) is 4. The number of aromatic nitrogens is 1. The normalized spacial score (nSPS) is 16.3. The molecule has 0 bridgehead atoms. The van der Waals surface area contributed by atoms with Gasteiger partial charge in [-0.2, -0.15) is 0 Å². The topological polar surface area (TPSA) is 66.8 Å². The second kappa shape index (κ2) is 9.32. The van der Waals surface area contributed by atoms with E-state index in [4.69, 9.17) is 4.74 Å². The highest BCUT2D eigenvalue weighted by atomic mass is 16.5. The molecule has 2 aliphatic rings. The molecule has 1 unspecified atom stereocenters. The average Bonchev–Trinajstić information content (AvgIpc) is 3.25. The van der Waals surface area contributed by atoms with E-state index in [9.17, 15) is 9.59 Å². The van der Waals surface area contributed by atoms with E-state index >= 15 is 0 Å². The van der Waals surface area contributed by atoms with Crippen molar-refractivity contribution < 1.29 is 14.3 Å². The molecule has 0 radical (unpaired) electrons. The molecular formula is C30H30N4O3. The van der Waals surface area contributed by atoms with Crippen molar-refractivity contribution in [3.05, 3.63) is 95.2 Å². The van der Waals surface area contributed by atoms with Gasteiger partial charge >= 0.3 is 0 Å². The van der Waals surface area contributed by atoms with Crippen LogP contribution in [0.4, 0.5) is 5.69 Å². The van der Waals surface area contributed by atoms with Gasteiger partial charge in [0.25, 0.3) is 5.91 Å². The average molecular weight is 495 g/mol. The minimum Gasteiger partial charge on any atom is -0.497 e. The Hall–Kier alpha value is -4.26. The number of amides is 2. The second-order valence-electron chi connectivity index (χ2n) is 9.67. The molecular weight excluding hydrogens is 464 g/mol. The smallest absolute Gasteiger partial charge is 0.257 e. The number of nitrogens with zero attached hydrogens (tertiary/aromatic N) is 3. The quantitative estimate of drug-likeness (QED) is 0.437. The predicted molar refractivity (Wildman–Crippen MR) is 144 cm³/mol. The number of methoxy groups -OCH3 is 1. The summed E-state index contributed by atoms with van der Waals surface area (Å²) in [5.74, 6) is 0.823. The predicted octanol–water partition coefficient (Wildman–Crippen LogP) is 4.16. The van der Waals surface area contributed by atoms with Gasteiger partial charge in [-0.15, -0.1) is 0 Å². The molecule has 3 aromatic carbocycles. The summed E-state index contributed by atoms with van der Waals surface area (Å²) in [4.78, 5) is 30.8. The van der Waals surface area contributed by atoms with E-state index in [-0.39, 0.29) is 24.5 Å². The van der Waals surface area contributed by atoms with Crippen molar-refractivity contribution in [2.24, 2.45) is 0 Å².